The van der Waals surface area contributed by atoms with Gasteiger partial charge in [-0.1, -0.05) is 0 Å². The second kappa shape index (κ2) is 10.9. The van der Waals surface area contributed by atoms with Crippen LogP contribution in [0.2, 0.25) is 0 Å². The molecule has 0 unspecified atom stereocenters. The first kappa shape index (κ1) is 22.0. The zero-order valence-corrected chi connectivity index (χ0v) is 13.4. The van der Waals surface area contributed by atoms with Crippen LogP contribution < -0.4 is 0 Å². The van der Waals surface area contributed by atoms with Gasteiger partial charge in [0.1, 0.15) is 0 Å². The molecule has 0 saturated heterocycles. The van der Waals surface area contributed by atoms with Crippen LogP contribution in [0.25, 0.3) is 0 Å². The van der Waals surface area contributed by atoms with Crippen LogP contribution in [0.3, 0.4) is 0 Å². The summed E-state index contributed by atoms with van der Waals surface area (Å²) in [6, 6.07) is 0. The van der Waals surface area contributed by atoms with Crippen molar-refractivity contribution in [2.45, 2.75) is 0 Å². The third-order valence-corrected chi connectivity index (χ3v) is 0. The summed E-state index contributed by atoms with van der Waals surface area (Å²) in [5, 5.41) is 0. The molecular weight excluding hydrogens is 418 g/mol. The van der Waals surface area contributed by atoms with Crippen molar-refractivity contribution in [3.8, 4) is 0 Å². The van der Waals surface area contributed by atoms with Crippen LogP contribution in [0.1, 0.15) is 0 Å². The third-order valence-electron chi connectivity index (χ3n) is 0. The minimum atomic E-state index is -7.00. The van der Waals surface area contributed by atoms with Gasteiger partial charge in [-0.05, 0) is 0 Å². The summed E-state index contributed by atoms with van der Waals surface area (Å²) in [6.45, 7) is 0. The molecule has 0 aliphatic carbocycles. The van der Waals surface area contributed by atoms with Crippen LogP contribution >= 0.6 is 37.2 Å². The van der Waals surface area contributed by atoms with Crippen molar-refractivity contribution >= 4 is 37.2 Å². The fourth-order valence-corrected chi connectivity index (χ4v) is 0. The number of halogens is 11. The van der Waals surface area contributed by atoms with Gasteiger partial charge < -0.3 is 0 Å². The molecule has 0 heterocycles. The average molecular weight is 418 g/mol. The fourth-order valence-electron chi connectivity index (χ4n) is 0. The molecule has 0 radical (unpaired) electrons. The van der Waals surface area contributed by atoms with Crippen LogP contribution in [-0.4, -0.2) is 0 Å². The van der Waals surface area contributed by atoms with E-state index in [2.05, 4.69) is 0 Å². The maximum atomic E-state index is 9.88. The SMILES string of the molecule is [Cl][Ti]([Cl])([Cl])[Cl].[F][Ti]([F])([F])[F].[F][Ti]([F])[F]. The molecule has 0 rings (SSSR count). The molecule has 0 bridgehead atoms. The van der Waals surface area contributed by atoms with Gasteiger partial charge in [-0.15, -0.1) is 0 Å². The summed E-state index contributed by atoms with van der Waals surface area (Å²) in [4.78, 5) is 0. The summed E-state index contributed by atoms with van der Waals surface area (Å²) >= 11 is -14.9. The zero-order chi connectivity index (χ0) is 12.6. The van der Waals surface area contributed by atoms with Crippen molar-refractivity contribution in [2.75, 3.05) is 0 Å². The van der Waals surface area contributed by atoms with Gasteiger partial charge in [0.25, 0.3) is 0 Å². The molecular formula is Cl4F7Ti3. The summed E-state index contributed by atoms with van der Waals surface area (Å²) < 4.78 is 69.0. The summed E-state index contributed by atoms with van der Waals surface area (Å²) in [6.07, 6.45) is 0. The molecule has 0 atom stereocenters. The van der Waals surface area contributed by atoms with Gasteiger partial charge in [-0.2, -0.15) is 0 Å². The molecule has 0 fully saturated rings. The van der Waals surface area contributed by atoms with E-state index < -0.39 is 50.6 Å². The Morgan fingerprint density at radius 2 is 0.714 bits per heavy atom. The van der Waals surface area contributed by atoms with Gasteiger partial charge in [0, 0.05) is 0 Å². The van der Waals surface area contributed by atoms with Gasteiger partial charge in [0.05, 0.1) is 0 Å². The second-order valence-corrected chi connectivity index (χ2v) is 18.6. The van der Waals surface area contributed by atoms with Crippen LogP contribution in [0.15, 0.2) is 0 Å². The summed E-state index contributed by atoms with van der Waals surface area (Å²) in [5.74, 6) is 0. The standard InChI is InChI=1S/4ClH.7FH.3Ti/h11*1H;;;/q;;;;;;;;;;;+3;2*+4/p-11. The molecule has 0 amide bonds. The van der Waals surface area contributed by atoms with Gasteiger partial charge >= 0.3 is 109 Å². The van der Waals surface area contributed by atoms with Crippen molar-refractivity contribution < 1.29 is 72.2 Å². The minimum absolute atomic E-state index is 3.11. The Morgan fingerprint density at radius 3 is 0.714 bits per heavy atom. The Balaban J connectivity index is -0.000000131. The first-order valence-electron chi connectivity index (χ1n) is 2.08. The monoisotopic (exact) mass is 417 g/mol. The first-order valence-corrected chi connectivity index (χ1v) is 14.8. The molecule has 0 nitrogen and oxygen atoms in total. The van der Waals surface area contributed by atoms with Crippen LogP contribution in [-0.2, 0) is 50.6 Å². The van der Waals surface area contributed by atoms with Gasteiger partial charge in [0.2, 0.25) is 0 Å². The topological polar surface area (TPSA) is 0 Å². The van der Waals surface area contributed by atoms with E-state index in [1.807, 2.05) is 0 Å². The Labute approximate surface area is 108 Å². The van der Waals surface area contributed by atoms with E-state index >= 15 is 0 Å². The predicted octanol–water partition coefficient (Wildman–Crippen LogP) is 5.69. The Hall–Kier alpha value is 2.81. The van der Waals surface area contributed by atoms with Crippen molar-refractivity contribution in [1.29, 1.82) is 0 Å². The van der Waals surface area contributed by atoms with Crippen molar-refractivity contribution in [3.05, 3.63) is 0 Å². The molecule has 0 saturated carbocycles. The third kappa shape index (κ3) is 357. The van der Waals surface area contributed by atoms with E-state index in [0.717, 1.165) is 0 Å². The fraction of sp³-hybridized carbons (Fsp3) is 0. The second-order valence-electron chi connectivity index (χ2n) is 1.07. The Kier molecular flexibility index (Phi) is 17.2. The molecule has 0 N–H and O–H groups in total. The van der Waals surface area contributed by atoms with Gasteiger partial charge in [-0.3, -0.25) is 0 Å². The number of hydrogen-bond acceptors (Lipinski definition) is 0. The maximum absolute atomic E-state index is 9.88. The normalized spacial score (nSPS) is 10.5. The van der Waals surface area contributed by atoms with E-state index in [0.29, 0.717) is 0 Å². The van der Waals surface area contributed by atoms with E-state index in [1.165, 1.54) is 0 Å². The van der Waals surface area contributed by atoms with Gasteiger partial charge in [0.15, 0.2) is 0 Å². The van der Waals surface area contributed by atoms with Crippen molar-refractivity contribution in [1.82, 2.24) is 0 Å². The molecule has 0 aromatic rings. The quantitative estimate of drug-likeness (QED) is 0.350. The Bertz CT molecular complexity index is 90.3. The van der Waals surface area contributed by atoms with Crippen molar-refractivity contribution in [2.24, 2.45) is 0 Å². The summed E-state index contributed by atoms with van der Waals surface area (Å²) in [7, 11) is 20.1. The molecule has 0 spiro atoms. The predicted molar refractivity (Wildman–Crippen MR) is 31.2 cm³/mol. The molecule has 0 aliphatic rings. The summed E-state index contributed by atoms with van der Waals surface area (Å²) in [5.41, 5.74) is 0. The van der Waals surface area contributed by atoms with Crippen molar-refractivity contribution in [3.63, 3.8) is 0 Å². The van der Waals surface area contributed by atoms with E-state index in [1.54, 1.807) is 0 Å². The van der Waals surface area contributed by atoms with Crippen LogP contribution in [0.5, 0.6) is 0 Å². The average Bonchev–Trinajstić information content (AvgIpc) is 1.45. The Morgan fingerprint density at radius 1 is 0.714 bits per heavy atom. The molecule has 0 aromatic carbocycles. The van der Waals surface area contributed by atoms with Crippen LogP contribution in [0, 0.1) is 0 Å². The zero-order valence-electron chi connectivity index (χ0n) is 5.66. The first-order chi connectivity index (χ1) is 5.73. The van der Waals surface area contributed by atoms with E-state index in [-0.39, 0.29) is 0 Å². The molecule has 0 aromatic heterocycles. The molecule has 0 aliphatic heterocycles. The molecule has 14 heavy (non-hydrogen) atoms. The number of rotatable bonds is 0. The van der Waals surface area contributed by atoms with Crippen LogP contribution in [0.4, 0.5) is 21.6 Å². The van der Waals surface area contributed by atoms with E-state index in [9.17, 15) is 21.6 Å². The molecule has 14 heteroatoms. The molecule has 89 valence electrons. The number of hydrogen-bond donors (Lipinski definition) is 0. The van der Waals surface area contributed by atoms with Gasteiger partial charge in [-0.25, -0.2) is 0 Å². The van der Waals surface area contributed by atoms with E-state index in [4.69, 9.17) is 37.2 Å².